The van der Waals surface area contributed by atoms with Crippen molar-refractivity contribution < 1.29 is 13.5 Å². The third-order valence-electron chi connectivity index (χ3n) is 5.68. The van der Waals surface area contributed by atoms with Crippen molar-refractivity contribution >= 4 is 40.8 Å². The summed E-state index contributed by atoms with van der Waals surface area (Å²) in [5.41, 5.74) is 2.38. The van der Waals surface area contributed by atoms with Gasteiger partial charge in [0, 0.05) is 34.8 Å². The van der Waals surface area contributed by atoms with E-state index in [0.717, 1.165) is 38.1 Å². The van der Waals surface area contributed by atoms with Crippen LogP contribution in [0.25, 0.3) is 22.4 Å². The molecule has 2 heterocycles. The number of aromatic nitrogens is 2. The van der Waals surface area contributed by atoms with Crippen molar-refractivity contribution in [2.45, 2.75) is 12.8 Å². The second-order valence-corrected chi connectivity index (χ2v) is 9.34. The van der Waals surface area contributed by atoms with Crippen LogP contribution < -0.4 is 9.64 Å². The molecular weight excluding hydrogens is 515 g/mol. The summed E-state index contributed by atoms with van der Waals surface area (Å²) in [6.45, 7) is 1.58. The van der Waals surface area contributed by atoms with Gasteiger partial charge in [-0.1, -0.05) is 46.9 Å². The molecule has 4 nitrogen and oxygen atoms in total. The number of halogens is 5. The Balaban J connectivity index is 1.77. The van der Waals surface area contributed by atoms with Crippen molar-refractivity contribution in [1.29, 1.82) is 0 Å². The van der Waals surface area contributed by atoms with Crippen molar-refractivity contribution in [3.05, 3.63) is 87.4 Å². The summed E-state index contributed by atoms with van der Waals surface area (Å²) < 4.78 is 33.6. The quantitative estimate of drug-likeness (QED) is 0.258. The Hall–Kier alpha value is -2.93. The largest absolute Gasteiger partial charge is 0.438 e. The lowest BCUT2D eigenvalue weighted by Crippen LogP contribution is -2.21. The van der Waals surface area contributed by atoms with Crippen molar-refractivity contribution in [1.82, 2.24) is 9.97 Å². The van der Waals surface area contributed by atoms with Crippen LogP contribution in [0.3, 0.4) is 0 Å². The van der Waals surface area contributed by atoms with Gasteiger partial charge in [0.1, 0.15) is 5.75 Å². The first-order chi connectivity index (χ1) is 16.9. The van der Waals surface area contributed by atoms with Gasteiger partial charge in [-0.05, 0) is 60.9 Å². The summed E-state index contributed by atoms with van der Waals surface area (Å²) in [6.07, 6.45) is 2.03. The van der Waals surface area contributed by atoms with E-state index in [2.05, 4.69) is 4.90 Å². The highest BCUT2D eigenvalue weighted by Crippen LogP contribution is 2.43. The van der Waals surface area contributed by atoms with Crippen molar-refractivity contribution in [2.75, 3.05) is 18.0 Å². The summed E-state index contributed by atoms with van der Waals surface area (Å²) in [7, 11) is 0. The van der Waals surface area contributed by atoms with E-state index in [1.165, 1.54) is 6.07 Å². The Morgan fingerprint density at radius 3 is 2.17 bits per heavy atom. The minimum atomic E-state index is -1.02. The predicted octanol–water partition coefficient (Wildman–Crippen LogP) is 8.44. The Bertz CT molecular complexity index is 1390. The summed E-state index contributed by atoms with van der Waals surface area (Å²) >= 11 is 18.9. The molecule has 1 fully saturated rings. The van der Waals surface area contributed by atoms with Gasteiger partial charge >= 0.3 is 0 Å². The van der Waals surface area contributed by atoms with E-state index < -0.39 is 11.6 Å². The topological polar surface area (TPSA) is 38.2 Å². The molecular formula is C26H18Cl3F2N3O. The number of nitrogens with zero attached hydrogens (tertiary/aromatic N) is 3. The molecule has 1 aliphatic heterocycles. The van der Waals surface area contributed by atoms with Crippen LogP contribution in [0, 0.1) is 11.6 Å². The predicted molar refractivity (Wildman–Crippen MR) is 136 cm³/mol. The Morgan fingerprint density at radius 2 is 1.49 bits per heavy atom. The zero-order valence-electron chi connectivity index (χ0n) is 18.2. The highest BCUT2D eigenvalue weighted by atomic mass is 35.5. The van der Waals surface area contributed by atoms with E-state index in [1.807, 2.05) is 12.1 Å². The Labute approximate surface area is 216 Å². The molecule has 35 heavy (non-hydrogen) atoms. The molecule has 9 heteroatoms. The van der Waals surface area contributed by atoms with Gasteiger partial charge in [0.25, 0.3) is 0 Å². The van der Waals surface area contributed by atoms with Gasteiger partial charge in [0.05, 0.1) is 16.3 Å². The molecule has 1 aromatic heterocycles. The highest BCUT2D eigenvalue weighted by molar-refractivity contribution is 6.36. The second kappa shape index (κ2) is 9.97. The van der Waals surface area contributed by atoms with Crippen LogP contribution >= 0.6 is 34.8 Å². The maximum absolute atomic E-state index is 14.0. The number of anilines is 1. The molecule has 0 spiro atoms. The van der Waals surface area contributed by atoms with E-state index in [0.29, 0.717) is 43.4 Å². The molecule has 1 aliphatic rings. The third kappa shape index (κ3) is 5.06. The number of hydrogen-bond donors (Lipinski definition) is 0. The molecule has 0 N–H and O–H groups in total. The van der Waals surface area contributed by atoms with Crippen LogP contribution in [0.2, 0.25) is 15.1 Å². The molecule has 1 saturated heterocycles. The van der Waals surface area contributed by atoms with Crippen molar-refractivity contribution in [3.8, 4) is 34.0 Å². The minimum absolute atomic E-state index is 0.0957. The fourth-order valence-corrected chi connectivity index (χ4v) is 4.59. The zero-order chi connectivity index (χ0) is 24.5. The smallest absolute Gasteiger partial charge is 0.232 e. The summed E-state index contributed by atoms with van der Waals surface area (Å²) in [4.78, 5) is 11.6. The summed E-state index contributed by atoms with van der Waals surface area (Å²) in [5, 5.41) is 1.44. The fraction of sp³-hybridized carbons (Fsp3) is 0.154. The molecule has 0 atom stereocenters. The van der Waals surface area contributed by atoms with Gasteiger partial charge in [0.2, 0.25) is 11.8 Å². The molecule has 0 aliphatic carbocycles. The first kappa shape index (κ1) is 23.8. The van der Waals surface area contributed by atoms with E-state index >= 15 is 0 Å². The lowest BCUT2D eigenvalue weighted by molar-refractivity contribution is 0.448. The molecule has 0 bridgehead atoms. The van der Waals surface area contributed by atoms with E-state index in [9.17, 15) is 8.78 Å². The van der Waals surface area contributed by atoms with Gasteiger partial charge < -0.3 is 9.64 Å². The zero-order valence-corrected chi connectivity index (χ0v) is 20.5. The third-order valence-corrected chi connectivity index (χ3v) is 6.48. The van der Waals surface area contributed by atoms with Gasteiger partial charge in [-0.2, -0.15) is 4.98 Å². The summed E-state index contributed by atoms with van der Waals surface area (Å²) in [6, 6.07) is 15.6. The molecule has 3 aromatic carbocycles. The number of hydrogen-bond acceptors (Lipinski definition) is 4. The van der Waals surface area contributed by atoms with Crippen molar-refractivity contribution in [3.63, 3.8) is 0 Å². The van der Waals surface area contributed by atoms with Crippen LogP contribution in [0.15, 0.2) is 60.7 Å². The first-order valence-corrected chi connectivity index (χ1v) is 12.0. The fourth-order valence-electron chi connectivity index (χ4n) is 3.97. The molecule has 0 unspecified atom stereocenters. The standard InChI is InChI=1S/C26H18Cl3F2N3O/c27-16-5-3-15(4-6-16)23-24(19-9-7-17(28)13-20(19)29)32-26(34-11-1-2-12-34)33-25(23)35-18-8-10-21(30)22(31)14-18/h3-10,13-14H,1-2,11-12H2. The molecule has 0 saturated carbocycles. The minimum Gasteiger partial charge on any atom is -0.438 e. The highest BCUT2D eigenvalue weighted by Gasteiger charge is 2.25. The van der Waals surface area contributed by atoms with E-state index in [-0.39, 0.29) is 11.6 Å². The van der Waals surface area contributed by atoms with Crippen LogP contribution in [-0.4, -0.2) is 23.1 Å². The lowest BCUT2D eigenvalue weighted by Gasteiger charge is -2.21. The summed E-state index contributed by atoms with van der Waals surface area (Å²) in [5.74, 6) is -1.26. The Morgan fingerprint density at radius 1 is 0.771 bits per heavy atom. The molecule has 0 amide bonds. The van der Waals surface area contributed by atoms with Crippen LogP contribution in [0.5, 0.6) is 11.6 Å². The van der Waals surface area contributed by atoms with Gasteiger partial charge in [-0.25, -0.2) is 13.8 Å². The number of ether oxygens (including phenoxy) is 1. The maximum atomic E-state index is 14.0. The van der Waals surface area contributed by atoms with Gasteiger partial charge in [-0.15, -0.1) is 0 Å². The van der Waals surface area contributed by atoms with E-state index in [1.54, 1.807) is 30.3 Å². The maximum Gasteiger partial charge on any atom is 0.232 e. The lowest BCUT2D eigenvalue weighted by atomic mass is 10.00. The van der Waals surface area contributed by atoms with Crippen LogP contribution in [-0.2, 0) is 0 Å². The Kier molecular flexibility index (Phi) is 6.78. The molecule has 5 rings (SSSR count). The van der Waals surface area contributed by atoms with Gasteiger partial charge in [0.15, 0.2) is 11.6 Å². The van der Waals surface area contributed by atoms with Crippen LogP contribution in [0.1, 0.15) is 12.8 Å². The SMILES string of the molecule is Fc1ccc(Oc2nc(N3CCCC3)nc(-c3ccc(Cl)cc3Cl)c2-c2ccc(Cl)cc2)cc1F. The number of benzene rings is 3. The average molecular weight is 533 g/mol. The first-order valence-electron chi connectivity index (χ1n) is 10.9. The second-order valence-electron chi connectivity index (χ2n) is 8.06. The average Bonchev–Trinajstić information content (AvgIpc) is 3.37. The monoisotopic (exact) mass is 531 g/mol. The van der Waals surface area contributed by atoms with Gasteiger partial charge in [-0.3, -0.25) is 0 Å². The molecule has 4 aromatic rings. The molecule has 0 radical (unpaired) electrons. The van der Waals surface area contributed by atoms with E-state index in [4.69, 9.17) is 49.5 Å². The van der Waals surface area contributed by atoms with Crippen molar-refractivity contribution in [2.24, 2.45) is 0 Å². The molecule has 178 valence electrons. The normalized spacial score (nSPS) is 13.3. The number of rotatable bonds is 5. The van der Waals surface area contributed by atoms with Crippen LogP contribution in [0.4, 0.5) is 14.7 Å².